The standard InChI is InChI=1S/C13H27N3O.2ClH/c1-3-16(4-2)11-13(17)15-9-7-12-6-5-8-14-10-12;;/h12,14H,3-11H2,1-2H3,(H,15,17);2*1H. The van der Waals surface area contributed by atoms with Gasteiger partial charge in [-0.25, -0.2) is 0 Å². The van der Waals surface area contributed by atoms with Gasteiger partial charge in [0.15, 0.2) is 0 Å². The lowest BCUT2D eigenvalue weighted by atomic mass is 9.96. The monoisotopic (exact) mass is 313 g/mol. The Morgan fingerprint density at radius 2 is 2.00 bits per heavy atom. The van der Waals surface area contributed by atoms with Gasteiger partial charge < -0.3 is 10.6 Å². The van der Waals surface area contributed by atoms with Crippen LogP contribution in [0, 0.1) is 5.92 Å². The Bertz CT molecular complexity index is 220. The van der Waals surface area contributed by atoms with Crippen LogP contribution in [-0.2, 0) is 4.79 Å². The molecule has 0 bridgehead atoms. The predicted molar refractivity (Wildman–Crippen MR) is 85.5 cm³/mol. The van der Waals surface area contributed by atoms with Crippen LogP contribution in [0.15, 0.2) is 0 Å². The molecule has 1 atom stereocenters. The second-order valence-electron chi connectivity index (χ2n) is 4.81. The second-order valence-corrected chi connectivity index (χ2v) is 4.81. The molecule has 116 valence electrons. The highest BCUT2D eigenvalue weighted by Gasteiger charge is 2.13. The summed E-state index contributed by atoms with van der Waals surface area (Å²) in [4.78, 5) is 13.8. The highest BCUT2D eigenvalue weighted by atomic mass is 35.5. The fraction of sp³-hybridized carbons (Fsp3) is 0.923. The quantitative estimate of drug-likeness (QED) is 0.751. The van der Waals surface area contributed by atoms with Gasteiger partial charge in [-0.3, -0.25) is 9.69 Å². The van der Waals surface area contributed by atoms with Gasteiger partial charge in [-0.2, -0.15) is 0 Å². The van der Waals surface area contributed by atoms with E-state index in [1.807, 2.05) is 0 Å². The van der Waals surface area contributed by atoms with Gasteiger partial charge in [-0.05, 0) is 51.4 Å². The van der Waals surface area contributed by atoms with E-state index in [2.05, 4.69) is 29.4 Å². The Labute approximate surface area is 129 Å². The van der Waals surface area contributed by atoms with Crippen LogP contribution in [0.4, 0.5) is 0 Å². The molecule has 1 rings (SSSR count). The number of carbonyl (C=O) groups excluding carboxylic acids is 1. The first-order chi connectivity index (χ1) is 8.26. The van der Waals surface area contributed by atoms with Crippen molar-refractivity contribution in [2.45, 2.75) is 33.1 Å². The lowest BCUT2D eigenvalue weighted by molar-refractivity contribution is -0.122. The summed E-state index contributed by atoms with van der Waals surface area (Å²) in [5.74, 6) is 0.912. The molecule has 6 heteroatoms. The summed E-state index contributed by atoms with van der Waals surface area (Å²) in [5.41, 5.74) is 0. The Morgan fingerprint density at radius 3 is 2.53 bits per heavy atom. The molecule has 0 aromatic carbocycles. The number of rotatable bonds is 7. The lowest BCUT2D eigenvalue weighted by Gasteiger charge is -2.23. The van der Waals surface area contributed by atoms with Gasteiger partial charge in [0.1, 0.15) is 0 Å². The van der Waals surface area contributed by atoms with Crippen molar-refractivity contribution in [3.05, 3.63) is 0 Å². The molecule has 0 spiro atoms. The van der Waals surface area contributed by atoms with Crippen molar-refractivity contribution in [1.29, 1.82) is 0 Å². The number of likely N-dealkylation sites (N-methyl/N-ethyl adjacent to an activating group) is 1. The average molecular weight is 314 g/mol. The fourth-order valence-corrected chi connectivity index (χ4v) is 2.29. The first kappa shape index (κ1) is 21.3. The van der Waals surface area contributed by atoms with Crippen LogP contribution in [-0.4, -0.2) is 50.1 Å². The maximum atomic E-state index is 11.6. The van der Waals surface area contributed by atoms with Crippen molar-refractivity contribution in [2.75, 3.05) is 39.3 Å². The molecule has 1 saturated heterocycles. The number of nitrogens with one attached hydrogen (secondary N) is 2. The zero-order chi connectivity index (χ0) is 12.5. The van der Waals surface area contributed by atoms with Gasteiger partial charge in [-0.1, -0.05) is 13.8 Å². The number of hydrogen-bond donors (Lipinski definition) is 2. The molecule has 1 amide bonds. The minimum absolute atomic E-state index is 0. The van der Waals surface area contributed by atoms with Gasteiger partial charge in [0, 0.05) is 6.54 Å². The molecule has 1 heterocycles. The second kappa shape index (κ2) is 13.0. The summed E-state index contributed by atoms with van der Waals surface area (Å²) >= 11 is 0. The van der Waals surface area contributed by atoms with Crippen molar-refractivity contribution in [3.8, 4) is 0 Å². The molecule has 1 aliphatic heterocycles. The molecule has 0 aromatic heterocycles. The molecule has 1 fully saturated rings. The van der Waals surface area contributed by atoms with Gasteiger partial charge >= 0.3 is 0 Å². The van der Waals surface area contributed by atoms with Crippen molar-refractivity contribution < 1.29 is 4.79 Å². The Balaban J connectivity index is 0. The molecular formula is C13H29Cl2N3O. The summed E-state index contributed by atoms with van der Waals surface area (Å²) in [7, 11) is 0. The average Bonchev–Trinajstić information content (AvgIpc) is 2.37. The molecule has 1 aliphatic rings. The van der Waals surface area contributed by atoms with Crippen molar-refractivity contribution in [3.63, 3.8) is 0 Å². The van der Waals surface area contributed by atoms with Crippen LogP contribution in [0.2, 0.25) is 0 Å². The van der Waals surface area contributed by atoms with E-state index in [1.165, 1.54) is 12.8 Å². The fourth-order valence-electron chi connectivity index (χ4n) is 2.29. The Hall–Kier alpha value is -0.0300. The van der Waals surface area contributed by atoms with Crippen molar-refractivity contribution in [1.82, 2.24) is 15.5 Å². The minimum Gasteiger partial charge on any atom is -0.355 e. The van der Waals surface area contributed by atoms with Crippen molar-refractivity contribution >= 4 is 30.7 Å². The largest absolute Gasteiger partial charge is 0.355 e. The maximum absolute atomic E-state index is 11.6. The van der Waals surface area contributed by atoms with E-state index in [4.69, 9.17) is 0 Å². The number of nitrogens with zero attached hydrogens (tertiary/aromatic N) is 1. The summed E-state index contributed by atoms with van der Waals surface area (Å²) in [6.45, 7) is 9.70. The van der Waals surface area contributed by atoms with E-state index in [9.17, 15) is 4.79 Å². The van der Waals surface area contributed by atoms with Crippen LogP contribution < -0.4 is 10.6 Å². The maximum Gasteiger partial charge on any atom is 0.234 e. The molecule has 0 aromatic rings. The summed E-state index contributed by atoms with van der Waals surface area (Å²) in [5, 5.41) is 6.42. The molecule has 19 heavy (non-hydrogen) atoms. The number of halogens is 2. The molecular weight excluding hydrogens is 285 g/mol. The van der Waals surface area contributed by atoms with Crippen LogP contribution in [0.1, 0.15) is 33.1 Å². The van der Waals surface area contributed by atoms with Gasteiger partial charge in [0.25, 0.3) is 0 Å². The predicted octanol–water partition coefficient (Wildman–Crippen LogP) is 1.68. The summed E-state index contributed by atoms with van der Waals surface area (Å²) < 4.78 is 0. The summed E-state index contributed by atoms with van der Waals surface area (Å²) in [6.07, 6.45) is 3.69. The summed E-state index contributed by atoms with van der Waals surface area (Å²) in [6, 6.07) is 0. The van der Waals surface area contributed by atoms with Crippen molar-refractivity contribution in [2.24, 2.45) is 5.92 Å². The van der Waals surface area contributed by atoms with Gasteiger partial charge in [-0.15, -0.1) is 24.8 Å². The number of amides is 1. The highest BCUT2D eigenvalue weighted by Crippen LogP contribution is 2.12. The first-order valence-electron chi connectivity index (χ1n) is 6.96. The number of carbonyl (C=O) groups is 1. The number of hydrogen-bond acceptors (Lipinski definition) is 3. The number of piperidine rings is 1. The Morgan fingerprint density at radius 1 is 1.32 bits per heavy atom. The zero-order valence-corrected chi connectivity index (χ0v) is 13.7. The van der Waals surface area contributed by atoms with Crippen LogP contribution in [0.3, 0.4) is 0 Å². The topological polar surface area (TPSA) is 44.4 Å². The minimum atomic E-state index is 0. The molecule has 0 aliphatic carbocycles. The normalized spacial score (nSPS) is 18.4. The van der Waals surface area contributed by atoms with Crippen LogP contribution in [0.5, 0.6) is 0 Å². The van der Waals surface area contributed by atoms with E-state index in [1.54, 1.807) is 0 Å². The van der Waals surface area contributed by atoms with E-state index in [-0.39, 0.29) is 30.7 Å². The zero-order valence-electron chi connectivity index (χ0n) is 12.1. The van der Waals surface area contributed by atoms with Gasteiger partial charge in [0.2, 0.25) is 5.91 Å². The van der Waals surface area contributed by atoms with E-state index >= 15 is 0 Å². The van der Waals surface area contributed by atoms with E-state index in [0.717, 1.165) is 45.1 Å². The third kappa shape index (κ3) is 9.50. The molecule has 1 unspecified atom stereocenters. The van der Waals surface area contributed by atoms with Gasteiger partial charge in [0.05, 0.1) is 6.54 Å². The molecule has 0 saturated carbocycles. The van der Waals surface area contributed by atoms with Crippen LogP contribution >= 0.6 is 24.8 Å². The molecule has 4 nitrogen and oxygen atoms in total. The highest BCUT2D eigenvalue weighted by molar-refractivity contribution is 5.85. The van der Waals surface area contributed by atoms with E-state index < -0.39 is 0 Å². The SMILES string of the molecule is CCN(CC)CC(=O)NCCC1CCCNC1.Cl.Cl. The van der Waals surface area contributed by atoms with E-state index in [0.29, 0.717) is 6.54 Å². The molecule has 0 radical (unpaired) electrons. The Kier molecular flexibility index (Phi) is 14.5. The third-order valence-corrected chi connectivity index (χ3v) is 3.54. The van der Waals surface area contributed by atoms with Crippen LogP contribution in [0.25, 0.3) is 0 Å². The molecule has 2 N–H and O–H groups in total. The first-order valence-corrected chi connectivity index (χ1v) is 6.96. The third-order valence-electron chi connectivity index (χ3n) is 3.54. The lowest BCUT2D eigenvalue weighted by Crippen LogP contribution is -2.38. The smallest absolute Gasteiger partial charge is 0.234 e.